The zero-order chi connectivity index (χ0) is 25.5. The van der Waals surface area contributed by atoms with Gasteiger partial charge in [-0.1, -0.05) is 101 Å². The molecule has 4 heteroatoms. The largest absolute Gasteiger partial charge is 0.491 e. The van der Waals surface area contributed by atoms with Crippen LogP contribution in [0.4, 0.5) is 0 Å². The molecule has 0 bridgehead atoms. The Morgan fingerprint density at radius 3 is 1.43 bits per heavy atom. The fourth-order valence-corrected chi connectivity index (χ4v) is 3.65. The predicted octanol–water partition coefficient (Wildman–Crippen LogP) is 7.89. The SMILES string of the molecule is CCC.CCC.COCCOc1ccc2ccccc2c1-c1c(OCCO)ccc2ccccc12. The molecule has 0 radical (unpaired) electrons. The van der Waals surface area contributed by atoms with E-state index in [9.17, 15) is 5.11 Å². The van der Waals surface area contributed by atoms with Gasteiger partial charge < -0.3 is 19.3 Å². The summed E-state index contributed by atoms with van der Waals surface area (Å²) in [4.78, 5) is 0. The van der Waals surface area contributed by atoms with Crippen LogP contribution in [-0.4, -0.2) is 38.6 Å². The molecule has 0 saturated carbocycles. The van der Waals surface area contributed by atoms with Crippen molar-refractivity contribution in [3.05, 3.63) is 72.8 Å². The number of methoxy groups -OCH3 is 1. The molecule has 0 saturated heterocycles. The lowest BCUT2D eigenvalue weighted by Gasteiger charge is -2.19. The molecular weight excluding hydrogens is 436 g/mol. The average Bonchev–Trinajstić information content (AvgIpc) is 2.88. The van der Waals surface area contributed by atoms with E-state index in [1.54, 1.807) is 7.11 Å². The molecule has 1 N–H and O–H groups in total. The van der Waals surface area contributed by atoms with Gasteiger partial charge in [0.05, 0.1) is 13.2 Å². The Morgan fingerprint density at radius 1 is 0.571 bits per heavy atom. The molecular formula is C31H40O4. The van der Waals surface area contributed by atoms with Gasteiger partial charge in [-0.05, 0) is 33.7 Å². The molecule has 0 aliphatic carbocycles. The molecule has 0 amide bonds. The van der Waals surface area contributed by atoms with Crippen molar-refractivity contribution in [2.24, 2.45) is 0 Å². The first kappa shape index (κ1) is 28.2. The number of hydrogen-bond acceptors (Lipinski definition) is 4. The van der Waals surface area contributed by atoms with Gasteiger partial charge in [-0.25, -0.2) is 0 Å². The van der Waals surface area contributed by atoms with Crippen molar-refractivity contribution in [1.29, 1.82) is 0 Å². The fourth-order valence-electron chi connectivity index (χ4n) is 3.65. The maximum Gasteiger partial charge on any atom is 0.128 e. The van der Waals surface area contributed by atoms with Gasteiger partial charge in [0.15, 0.2) is 0 Å². The second-order valence-electron chi connectivity index (χ2n) is 8.15. The molecule has 0 aliphatic rings. The van der Waals surface area contributed by atoms with E-state index in [1.165, 1.54) is 12.8 Å². The van der Waals surface area contributed by atoms with Gasteiger partial charge in [-0.15, -0.1) is 0 Å². The standard InChI is InChI=1S/C25H24O4.2C3H8/c1-27-16-17-29-23-13-11-19-7-3-5-9-21(19)25(23)24-20-8-4-2-6-18(20)10-12-22(24)28-15-14-26;2*1-3-2/h2-13,26H,14-17H2,1H3;2*3H2,1-2H3. The topological polar surface area (TPSA) is 47.9 Å². The van der Waals surface area contributed by atoms with Gasteiger partial charge >= 0.3 is 0 Å². The maximum atomic E-state index is 9.31. The van der Waals surface area contributed by atoms with E-state index in [2.05, 4.69) is 58.0 Å². The van der Waals surface area contributed by atoms with Crippen LogP contribution < -0.4 is 9.47 Å². The molecule has 4 rings (SSSR count). The van der Waals surface area contributed by atoms with Gasteiger partial charge in [0.2, 0.25) is 0 Å². The van der Waals surface area contributed by atoms with Gasteiger partial charge in [-0.3, -0.25) is 0 Å². The van der Waals surface area contributed by atoms with Crippen LogP contribution >= 0.6 is 0 Å². The number of fused-ring (bicyclic) bond motifs is 2. The number of ether oxygens (including phenoxy) is 3. The van der Waals surface area contributed by atoms with Crippen LogP contribution in [0.3, 0.4) is 0 Å². The first-order valence-corrected chi connectivity index (χ1v) is 12.6. The Bertz CT molecular complexity index is 1150. The minimum Gasteiger partial charge on any atom is -0.491 e. The summed E-state index contributed by atoms with van der Waals surface area (Å²) >= 11 is 0. The highest BCUT2D eigenvalue weighted by atomic mass is 16.5. The minimum absolute atomic E-state index is 0.0427. The lowest BCUT2D eigenvalue weighted by atomic mass is 9.92. The maximum absolute atomic E-state index is 9.31. The zero-order valence-corrected chi connectivity index (χ0v) is 21.8. The van der Waals surface area contributed by atoms with Crippen molar-refractivity contribution in [1.82, 2.24) is 0 Å². The number of rotatable bonds is 8. The number of hydrogen-bond donors (Lipinski definition) is 1. The lowest BCUT2D eigenvalue weighted by Crippen LogP contribution is -2.06. The van der Waals surface area contributed by atoms with Crippen LogP contribution in [0.1, 0.15) is 40.5 Å². The molecule has 0 spiro atoms. The van der Waals surface area contributed by atoms with Gasteiger partial charge in [0.25, 0.3) is 0 Å². The average molecular weight is 477 g/mol. The summed E-state index contributed by atoms with van der Waals surface area (Å²) in [6.45, 7) is 9.66. The highest BCUT2D eigenvalue weighted by Crippen LogP contribution is 2.45. The van der Waals surface area contributed by atoms with E-state index >= 15 is 0 Å². The smallest absolute Gasteiger partial charge is 0.128 e. The molecule has 0 heterocycles. The van der Waals surface area contributed by atoms with Crippen molar-refractivity contribution in [3.8, 4) is 22.6 Å². The summed E-state index contributed by atoms with van der Waals surface area (Å²) in [5, 5.41) is 13.7. The summed E-state index contributed by atoms with van der Waals surface area (Å²) in [6.07, 6.45) is 2.50. The van der Waals surface area contributed by atoms with Crippen LogP contribution in [0.15, 0.2) is 72.8 Å². The number of benzene rings is 4. The molecule has 4 nitrogen and oxygen atoms in total. The molecule has 35 heavy (non-hydrogen) atoms. The van der Waals surface area contributed by atoms with E-state index in [-0.39, 0.29) is 13.2 Å². The first-order chi connectivity index (χ1) is 17.2. The van der Waals surface area contributed by atoms with Gasteiger partial charge in [-0.2, -0.15) is 0 Å². The van der Waals surface area contributed by atoms with E-state index in [4.69, 9.17) is 14.2 Å². The summed E-state index contributed by atoms with van der Waals surface area (Å²) in [5.41, 5.74) is 1.96. The van der Waals surface area contributed by atoms with E-state index in [1.807, 2.05) is 42.5 Å². The summed E-state index contributed by atoms with van der Waals surface area (Å²) in [5.74, 6) is 1.51. The monoisotopic (exact) mass is 476 g/mol. The third-order valence-electron chi connectivity index (χ3n) is 4.93. The summed E-state index contributed by atoms with van der Waals surface area (Å²) in [7, 11) is 1.66. The predicted molar refractivity (Wildman–Crippen MR) is 149 cm³/mol. The van der Waals surface area contributed by atoms with Crippen LogP contribution in [0.5, 0.6) is 11.5 Å². The molecule has 188 valence electrons. The molecule has 4 aromatic carbocycles. The Labute approximate surface area is 210 Å². The van der Waals surface area contributed by atoms with Crippen molar-refractivity contribution >= 4 is 21.5 Å². The third kappa shape index (κ3) is 7.71. The number of aliphatic hydroxyl groups is 1. The van der Waals surface area contributed by atoms with E-state index in [0.717, 1.165) is 44.2 Å². The second kappa shape index (κ2) is 15.8. The number of aliphatic hydroxyl groups excluding tert-OH is 1. The Morgan fingerprint density at radius 2 is 1.00 bits per heavy atom. The van der Waals surface area contributed by atoms with E-state index in [0.29, 0.717) is 13.2 Å². The Balaban J connectivity index is 0.000000655. The molecule has 0 aromatic heterocycles. The van der Waals surface area contributed by atoms with Crippen LogP contribution in [0.2, 0.25) is 0 Å². The van der Waals surface area contributed by atoms with Crippen molar-refractivity contribution < 1.29 is 19.3 Å². The molecule has 4 aromatic rings. The van der Waals surface area contributed by atoms with Gasteiger partial charge in [0.1, 0.15) is 24.7 Å². The summed E-state index contributed by atoms with van der Waals surface area (Å²) in [6, 6.07) is 24.6. The van der Waals surface area contributed by atoms with Crippen LogP contribution in [-0.2, 0) is 4.74 Å². The van der Waals surface area contributed by atoms with Crippen molar-refractivity contribution in [2.75, 3.05) is 33.5 Å². The minimum atomic E-state index is -0.0427. The van der Waals surface area contributed by atoms with Gasteiger partial charge in [0, 0.05) is 18.2 Å². The highest BCUT2D eigenvalue weighted by Gasteiger charge is 2.19. The highest BCUT2D eigenvalue weighted by molar-refractivity contribution is 6.09. The lowest BCUT2D eigenvalue weighted by molar-refractivity contribution is 0.146. The Hall–Kier alpha value is -3.08. The quantitative estimate of drug-likeness (QED) is 0.263. The van der Waals surface area contributed by atoms with E-state index < -0.39 is 0 Å². The zero-order valence-electron chi connectivity index (χ0n) is 21.8. The summed E-state index contributed by atoms with van der Waals surface area (Å²) < 4.78 is 17.2. The second-order valence-corrected chi connectivity index (χ2v) is 8.15. The van der Waals surface area contributed by atoms with Crippen LogP contribution in [0, 0.1) is 0 Å². The molecule has 0 fully saturated rings. The van der Waals surface area contributed by atoms with Crippen molar-refractivity contribution in [2.45, 2.75) is 40.5 Å². The normalized spacial score (nSPS) is 10.2. The van der Waals surface area contributed by atoms with Crippen molar-refractivity contribution in [3.63, 3.8) is 0 Å². The molecule has 0 aliphatic heterocycles. The third-order valence-corrected chi connectivity index (χ3v) is 4.93. The first-order valence-electron chi connectivity index (χ1n) is 12.6. The Kier molecular flexibility index (Phi) is 12.7. The van der Waals surface area contributed by atoms with Crippen LogP contribution in [0.25, 0.3) is 32.7 Å². The molecule has 0 atom stereocenters. The fraction of sp³-hybridized carbons (Fsp3) is 0.355. The molecule has 0 unspecified atom stereocenters.